The molecule has 0 fully saturated rings. The molecule has 0 atom stereocenters. The Balaban J connectivity index is 2.72. The van der Waals surface area contributed by atoms with E-state index in [2.05, 4.69) is 5.32 Å². The van der Waals surface area contributed by atoms with E-state index in [-0.39, 0.29) is 17.9 Å². The fourth-order valence-corrected chi connectivity index (χ4v) is 2.08. The summed E-state index contributed by atoms with van der Waals surface area (Å²) in [5, 5.41) is 12.4. The summed E-state index contributed by atoms with van der Waals surface area (Å²) >= 11 is 11.9. The van der Waals surface area contributed by atoms with E-state index in [1.165, 1.54) is 0 Å². The van der Waals surface area contributed by atoms with Crippen LogP contribution in [0.1, 0.15) is 30.6 Å². The maximum absolute atomic E-state index is 12.0. The Kier molecular flexibility index (Phi) is 5.45. The molecular formula is C13H17Cl2NO2. The minimum absolute atomic E-state index is 0.0930. The van der Waals surface area contributed by atoms with E-state index in [0.717, 1.165) is 0 Å². The molecular weight excluding hydrogens is 273 g/mol. The van der Waals surface area contributed by atoms with Crippen molar-refractivity contribution < 1.29 is 9.90 Å². The van der Waals surface area contributed by atoms with Crippen LogP contribution in [0.4, 0.5) is 0 Å². The van der Waals surface area contributed by atoms with E-state index in [1.807, 2.05) is 13.8 Å². The van der Waals surface area contributed by atoms with Crippen LogP contribution in [0, 0.1) is 5.41 Å². The summed E-state index contributed by atoms with van der Waals surface area (Å²) in [5.41, 5.74) is 0.124. The molecule has 3 nitrogen and oxygen atoms in total. The molecule has 5 heteroatoms. The first kappa shape index (κ1) is 15.3. The van der Waals surface area contributed by atoms with Crippen molar-refractivity contribution >= 4 is 29.1 Å². The standard InChI is InChI=1S/C13H17Cl2NO2/c1-13(2,6-7-17)8-16-12(18)11-9(14)4-3-5-10(11)15/h3-5,17H,6-8H2,1-2H3,(H,16,18). The average molecular weight is 290 g/mol. The second-order valence-corrected chi connectivity index (χ2v) is 5.73. The molecule has 1 amide bonds. The summed E-state index contributed by atoms with van der Waals surface area (Å²) in [7, 11) is 0. The number of benzene rings is 1. The van der Waals surface area contributed by atoms with Gasteiger partial charge in [0.05, 0.1) is 15.6 Å². The normalized spacial score (nSPS) is 11.4. The van der Waals surface area contributed by atoms with Crippen LogP contribution in [0.5, 0.6) is 0 Å². The average Bonchev–Trinajstić information content (AvgIpc) is 2.26. The second-order valence-electron chi connectivity index (χ2n) is 4.92. The van der Waals surface area contributed by atoms with Gasteiger partial charge in [-0.1, -0.05) is 43.1 Å². The molecule has 2 N–H and O–H groups in total. The van der Waals surface area contributed by atoms with Gasteiger partial charge in [0.15, 0.2) is 0 Å². The van der Waals surface area contributed by atoms with Gasteiger partial charge in [0.25, 0.3) is 5.91 Å². The van der Waals surface area contributed by atoms with E-state index in [9.17, 15) is 4.79 Å². The smallest absolute Gasteiger partial charge is 0.254 e. The number of carbonyl (C=O) groups excluding carboxylic acids is 1. The Morgan fingerprint density at radius 1 is 1.33 bits per heavy atom. The van der Waals surface area contributed by atoms with E-state index in [1.54, 1.807) is 18.2 Å². The first-order valence-electron chi connectivity index (χ1n) is 5.70. The number of nitrogens with one attached hydrogen (secondary N) is 1. The van der Waals surface area contributed by atoms with Crippen molar-refractivity contribution in [3.8, 4) is 0 Å². The van der Waals surface area contributed by atoms with Gasteiger partial charge in [-0.05, 0) is 24.0 Å². The number of hydrogen-bond acceptors (Lipinski definition) is 2. The highest BCUT2D eigenvalue weighted by Gasteiger charge is 2.20. The molecule has 0 radical (unpaired) electrons. The Bertz CT molecular complexity index is 413. The lowest BCUT2D eigenvalue weighted by atomic mass is 9.89. The summed E-state index contributed by atoms with van der Waals surface area (Å²) in [6.45, 7) is 4.49. The molecule has 0 bridgehead atoms. The number of carbonyl (C=O) groups is 1. The highest BCUT2D eigenvalue weighted by atomic mass is 35.5. The molecule has 0 saturated carbocycles. The van der Waals surface area contributed by atoms with Gasteiger partial charge in [-0.2, -0.15) is 0 Å². The molecule has 0 spiro atoms. The Hall–Kier alpha value is -0.770. The van der Waals surface area contributed by atoms with Crippen molar-refractivity contribution in [1.82, 2.24) is 5.32 Å². The third-order valence-electron chi connectivity index (χ3n) is 2.71. The SMILES string of the molecule is CC(C)(CCO)CNC(=O)c1c(Cl)cccc1Cl. The Morgan fingerprint density at radius 2 is 1.89 bits per heavy atom. The molecule has 1 rings (SSSR count). The minimum Gasteiger partial charge on any atom is -0.396 e. The summed E-state index contributed by atoms with van der Waals surface area (Å²) in [5.74, 6) is -0.295. The van der Waals surface area contributed by atoms with Gasteiger partial charge in [-0.3, -0.25) is 4.79 Å². The summed E-state index contributed by atoms with van der Waals surface area (Å²) < 4.78 is 0. The van der Waals surface area contributed by atoms with Crippen molar-refractivity contribution in [1.29, 1.82) is 0 Å². The largest absolute Gasteiger partial charge is 0.396 e. The highest BCUT2D eigenvalue weighted by Crippen LogP contribution is 2.24. The predicted molar refractivity (Wildman–Crippen MR) is 74.3 cm³/mol. The van der Waals surface area contributed by atoms with Crippen molar-refractivity contribution in [3.63, 3.8) is 0 Å². The number of halogens is 2. The monoisotopic (exact) mass is 289 g/mol. The number of amides is 1. The molecule has 100 valence electrons. The zero-order valence-corrected chi connectivity index (χ0v) is 12.0. The van der Waals surface area contributed by atoms with Crippen LogP contribution < -0.4 is 5.32 Å². The predicted octanol–water partition coefficient (Wildman–Crippen LogP) is 3.13. The van der Waals surface area contributed by atoms with Crippen LogP contribution in [-0.4, -0.2) is 24.2 Å². The second kappa shape index (κ2) is 6.41. The fourth-order valence-electron chi connectivity index (χ4n) is 1.51. The molecule has 0 heterocycles. The number of aliphatic hydroxyl groups excluding tert-OH is 1. The molecule has 0 aliphatic heterocycles. The van der Waals surface area contributed by atoms with Gasteiger partial charge in [0, 0.05) is 13.2 Å². The van der Waals surface area contributed by atoms with Crippen molar-refractivity contribution in [2.24, 2.45) is 5.41 Å². The van der Waals surface area contributed by atoms with Gasteiger partial charge in [-0.15, -0.1) is 0 Å². The van der Waals surface area contributed by atoms with Crippen LogP contribution in [0.15, 0.2) is 18.2 Å². The van der Waals surface area contributed by atoms with Crippen LogP contribution in [0.2, 0.25) is 10.0 Å². The molecule has 1 aromatic rings. The van der Waals surface area contributed by atoms with Gasteiger partial charge < -0.3 is 10.4 Å². The summed E-state index contributed by atoms with van der Waals surface area (Å²) in [6, 6.07) is 4.94. The molecule has 18 heavy (non-hydrogen) atoms. The topological polar surface area (TPSA) is 49.3 Å². The van der Waals surface area contributed by atoms with Crippen molar-refractivity contribution in [3.05, 3.63) is 33.8 Å². The van der Waals surface area contributed by atoms with Crippen LogP contribution in [-0.2, 0) is 0 Å². The van der Waals surface area contributed by atoms with Crippen molar-refractivity contribution in [2.75, 3.05) is 13.2 Å². The Morgan fingerprint density at radius 3 is 2.39 bits per heavy atom. The molecule has 0 saturated heterocycles. The zero-order valence-electron chi connectivity index (χ0n) is 10.5. The lowest BCUT2D eigenvalue weighted by Gasteiger charge is -2.24. The van der Waals surface area contributed by atoms with E-state index < -0.39 is 0 Å². The molecule has 0 aliphatic rings. The first-order valence-corrected chi connectivity index (χ1v) is 6.46. The third kappa shape index (κ3) is 4.16. The Labute approximate surface area is 117 Å². The summed E-state index contributed by atoms with van der Waals surface area (Å²) in [6.07, 6.45) is 0.615. The molecule has 0 aliphatic carbocycles. The number of hydrogen-bond donors (Lipinski definition) is 2. The molecule has 0 aromatic heterocycles. The molecule has 0 unspecified atom stereocenters. The number of rotatable bonds is 5. The fraction of sp³-hybridized carbons (Fsp3) is 0.462. The van der Waals surface area contributed by atoms with E-state index >= 15 is 0 Å². The maximum Gasteiger partial charge on any atom is 0.254 e. The number of aliphatic hydroxyl groups is 1. The lowest BCUT2D eigenvalue weighted by Crippen LogP contribution is -2.34. The van der Waals surface area contributed by atoms with E-state index in [0.29, 0.717) is 28.6 Å². The van der Waals surface area contributed by atoms with Crippen molar-refractivity contribution in [2.45, 2.75) is 20.3 Å². The van der Waals surface area contributed by atoms with Gasteiger partial charge in [-0.25, -0.2) is 0 Å². The lowest BCUT2D eigenvalue weighted by molar-refractivity contribution is 0.0928. The van der Waals surface area contributed by atoms with Gasteiger partial charge in [0.1, 0.15) is 0 Å². The maximum atomic E-state index is 12.0. The summed E-state index contributed by atoms with van der Waals surface area (Å²) in [4.78, 5) is 12.0. The highest BCUT2D eigenvalue weighted by molar-refractivity contribution is 6.39. The minimum atomic E-state index is -0.295. The molecule has 1 aromatic carbocycles. The van der Waals surface area contributed by atoms with Gasteiger partial charge >= 0.3 is 0 Å². The van der Waals surface area contributed by atoms with E-state index in [4.69, 9.17) is 28.3 Å². The van der Waals surface area contributed by atoms with Crippen LogP contribution >= 0.6 is 23.2 Å². The zero-order chi connectivity index (χ0) is 13.8. The third-order valence-corrected chi connectivity index (χ3v) is 3.34. The van der Waals surface area contributed by atoms with Crippen LogP contribution in [0.25, 0.3) is 0 Å². The quantitative estimate of drug-likeness (QED) is 0.875. The van der Waals surface area contributed by atoms with Gasteiger partial charge in [0.2, 0.25) is 0 Å². The first-order chi connectivity index (χ1) is 8.37. The van der Waals surface area contributed by atoms with Crippen LogP contribution in [0.3, 0.4) is 0 Å².